The van der Waals surface area contributed by atoms with E-state index in [2.05, 4.69) is 15.1 Å². The Hall–Kier alpha value is -2.21. The van der Waals surface area contributed by atoms with Gasteiger partial charge in [-0.3, -0.25) is 0 Å². The lowest BCUT2D eigenvalue weighted by Crippen LogP contribution is -1.97. The van der Waals surface area contributed by atoms with Crippen molar-refractivity contribution in [3.63, 3.8) is 0 Å². The Balaban J connectivity index is 2.28. The van der Waals surface area contributed by atoms with Gasteiger partial charge in [0.05, 0.1) is 10.4 Å². The molecule has 0 aliphatic heterocycles. The van der Waals surface area contributed by atoms with E-state index in [0.29, 0.717) is 16.9 Å². The van der Waals surface area contributed by atoms with Crippen LogP contribution in [0.5, 0.6) is 0 Å². The van der Waals surface area contributed by atoms with E-state index in [1.165, 1.54) is 12.1 Å². The van der Waals surface area contributed by atoms with E-state index in [1.54, 1.807) is 24.0 Å². The van der Waals surface area contributed by atoms with Gasteiger partial charge in [-0.05, 0) is 18.2 Å². The van der Waals surface area contributed by atoms with E-state index in [0.717, 1.165) is 5.39 Å². The van der Waals surface area contributed by atoms with E-state index in [-0.39, 0.29) is 11.0 Å². The Morgan fingerprint density at radius 2 is 2.16 bits per heavy atom. The summed E-state index contributed by atoms with van der Waals surface area (Å²) in [6.45, 7) is 0. The first-order valence-corrected chi connectivity index (χ1v) is 5.84. The number of benzene rings is 1. The lowest BCUT2D eigenvalue weighted by molar-refractivity contribution is 0.628. The maximum atomic E-state index is 13.2. The van der Waals surface area contributed by atoms with Crippen molar-refractivity contribution < 1.29 is 4.39 Å². The predicted molar refractivity (Wildman–Crippen MR) is 71.1 cm³/mol. The van der Waals surface area contributed by atoms with Gasteiger partial charge in [-0.2, -0.15) is 10.1 Å². The Morgan fingerprint density at radius 1 is 1.37 bits per heavy atom. The van der Waals surface area contributed by atoms with Crippen LogP contribution in [0.1, 0.15) is 0 Å². The highest BCUT2D eigenvalue weighted by Crippen LogP contribution is 2.29. The van der Waals surface area contributed by atoms with Crippen molar-refractivity contribution in [3.8, 4) is 11.3 Å². The van der Waals surface area contributed by atoms with Gasteiger partial charge in [0.25, 0.3) is 0 Å². The molecule has 0 saturated carbocycles. The largest absolute Gasteiger partial charge is 0.368 e. The van der Waals surface area contributed by atoms with Gasteiger partial charge in [-0.1, -0.05) is 11.6 Å². The number of fused-ring (bicyclic) bond motifs is 1. The van der Waals surface area contributed by atoms with Crippen LogP contribution in [-0.4, -0.2) is 19.7 Å². The molecule has 0 fully saturated rings. The number of hydrogen-bond donors (Lipinski definition) is 1. The van der Waals surface area contributed by atoms with Crippen LogP contribution in [0, 0.1) is 5.82 Å². The van der Waals surface area contributed by atoms with Crippen LogP contribution in [0.25, 0.3) is 22.3 Å². The maximum Gasteiger partial charge on any atom is 0.222 e. The van der Waals surface area contributed by atoms with Crippen molar-refractivity contribution in [3.05, 3.63) is 35.2 Å². The highest BCUT2D eigenvalue weighted by atomic mass is 35.5. The molecule has 3 aromatic rings. The number of nitrogens with zero attached hydrogens (tertiary/aromatic N) is 4. The summed E-state index contributed by atoms with van der Waals surface area (Å²) < 4.78 is 14.8. The molecule has 19 heavy (non-hydrogen) atoms. The van der Waals surface area contributed by atoms with Crippen molar-refractivity contribution in [2.75, 3.05) is 5.73 Å². The molecule has 0 spiro atoms. The summed E-state index contributed by atoms with van der Waals surface area (Å²) in [5.74, 6) is -0.287. The molecule has 1 aromatic carbocycles. The highest BCUT2D eigenvalue weighted by molar-refractivity contribution is 6.31. The average molecular weight is 278 g/mol. The molecular weight excluding hydrogens is 269 g/mol. The average Bonchev–Trinajstić information content (AvgIpc) is 2.70. The molecule has 0 unspecified atom stereocenters. The van der Waals surface area contributed by atoms with E-state index < -0.39 is 5.82 Å². The molecule has 0 aliphatic rings. The molecule has 3 rings (SSSR count). The van der Waals surface area contributed by atoms with Crippen LogP contribution in [-0.2, 0) is 7.05 Å². The minimum absolute atomic E-state index is 0.0488. The summed E-state index contributed by atoms with van der Waals surface area (Å²) in [4.78, 5) is 8.07. The second kappa shape index (κ2) is 4.17. The van der Waals surface area contributed by atoms with Crippen LogP contribution < -0.4 is 5.73 Å². The zero-order valence-corrected chi connectivity index (χ0v) is 10.7. The first kappa shape index (κ1) is 11.9. The van der Waals surface area contributed by atoms with Gasteiger partial charge >= 0.3 is 0 Å². The molecule has 5 nitrogen and oxygen atoms in total. The summed E-state index contributed by atoms with van der Waals surface area (Å²) in [6, 6.07) is 4.44. The molecule has 0 bridgehead atoms. The minimum atomic E-state index is -0.467. The molecule has 0 aliphatic carbocycles. The maximum absolute atomic E-state index is 13.2. The van der Waals surface area contributed by atoms with Crippen molar-refractivity contribution in [2.24, 2.45) is 7.05 Å². The summed E-state index contributed by atoms with van der Waals surface area (Å²) in [5, 5.41) is 5.13. The number of halogens is 2. The topological polar surface area (TPSA) is 69.6 Å². The first-order valence-electron chi connectivity index (χ1n) is 5.47. The fourth-order valence-corrected chi connectivity index (χ4v) is 2.09. The van der Waals surface area contributed by atoms with E-state index in [9.17, 15) is 4.39 Å². The fraction of sp³-hybridized carbons (Fsp3) is 0.0833. The number of hydrogen-bond acceptors (Lipinski definition) is 4. The van der Waals surface area contributed by atoms with Gasteiger partial charge < -0.3 is 5.73 Å². The molecule has 7 heteroatoms. The van der Waals surface area contributed by atoms with Gasteiger partial charge in [0.15, 0.2) is 5.65 Å². The van der Waals surface area contributed by atoms with Gasteiger partial charge in [0.2, 0.25) is 5.95 Å². The zero-order valence-electron chi connectivity index (χ0n) is 9.93. The molecular formula is C12H9ClFN5. The molecule has 2 heterocycles. The fourth-order valence-electron chi connectivity index (χ4n) is 1.91. The summed E-state index contributed by atoms with van der Waals surface area (Å²) in [7, 11) is 1.75. The Labute approximate surface area is 112 Å². The Morgan fingerprint density at radius 3 is 2.89 bits per heavy atom. The third kappa shape index (κ3) is 1.90. The highest BCUT2D eigenvalue weighted by Gasteiger charge is 2.13. The molecule has 0 amide bonds. The standard InChI is InChI=1S/C12H9ClFN5/c1-19-11-7(5-16-12(15)17-11)10(18-19)6-2-3-9(14)8(13)4-6/h2-5H,1H3,(H2,15,16,17). The minimum Gasteiger partial charge on any atom is -0.368 e. The van der Waals surface area contributed by atoms with Crippen molar-refractivity contribution in [1.29, 1.82) is 0 Å². The monoisotopic (exact) mass is 277 g/mol. The summed E-state index contributed by atoms with van der Waals surface area (Å²) in [5.41, 5.74) is 7.50. The van der Waals surface area contributed by atoms with Gasteiger partial charge in [0, 0.05) is 18.8 Å². The summed E-state index contributed by atoms with van der Waals surface area (Å²) >= 11 is 5.79. The number of anilines is 1. The molecule has 0 radical (unpaired) electrons. The van der Waals surface area contributed by atoms with E-state index in [1.807, 2.05) is 0 Å². The normalized spacial score (nSPS) is 11.1. The third-order valence-corrected chi connectivity index (χ3v) is 3.08. The zero-order chi connectivity index (χ0) is 13.6. The van der Waals surface area contributed by atoms with Crippen molar-refractivity contribution in [2.45, 2.75) is 0 Å². The SMILES string of the molecule is Cn1nc(-c2ccc(F)c(Cl)c2)c2cnc(N)nc21. The van der Waals surface area contributed by atoms with Gasteiger partial charge in [-0.15, -0.1) is 0 Å². The molecule has 2 N–H and O–H groups in total. The predicted octanol–water partition coefficient (Wildman–Crippen LogP) is 2.40. The number of nitrogens with two attached hydrogens (primary N) is 1. The van der Waals surface area contributed by atoms with Crippen LogP contribution in [0.4, 0.5) is 10.3 Å². The molecule has 0 atom stereocenters. The molecule has 2 aromatic heterocycles. The second-order valence-electron chi connectivity index (χ2n) is 4.07. The number of aryl methyl sites for hydroxylation is 1. The van der Waals surface area contributed by atoms with Crippen LogP contribution in [0.3, 0.4) is 0 Å². The van der Waals surface area contributed by atoms with Crippen LogP contribution >= 0.6 is 11.6 Å². The molecule has 96 valence electrons. The quantitative estimate of drug-likeness (QED) is 0.741. The van der Waals surface area contributed by atoms with Crippen LogP contribution in [0.2, 0.25) is 5.02 Å². The number of aromatic nitrogens is 4. The van der Waals surface area contributed by atoms with E-state index >= 15 is 0 Å². The smallest absolute Gasteiger partial charge is 0.222 e. The van der Waals surface area contributed by atoms with E-state index in [4.69, 9.17) is 17.3 Å². The van der Waals surface area contributed by atoms with Crippen molar-refractivity contribution >= 4 is 28.6 Å². The number of rotatable bonds is 1. The lowest BCUT2D eigenvalue weighted by atomic mass is 10.1. The lowest BCUT2D eigenvalue weighted by Gasteiger charge is -1.99. The molecule has 0 saturated heterocycles. The third-order valence-electron chi connectivity index (χ3n) is 2.79. The Kier molecular flexibility index (Phi) is 2.60. The Bertz CT molecular complexity index is 783. The van der Waals surface area contributed by atoms with Crippen molar-refractivity contribution in [1.82, 2.24) is 19.7 Å². The first-order chi connectivity index (χ1) is 9.06. The van der Waals surface area contributed by atoms with Crippen LogP contribution in [0.15, 0.2) is 24.4 Å². The second-order valence-corrected chi connectivity index (χ2v) is 4.47. The van der Waals surface area contributed by atoms with Gasteiger partial charge in [-0.25, -0.2) is 14.1 Å². The number of nitrogen functional groups attached to an aromatic ring is 1. The summed E-state index contributed by atoms with van der Waals surface area (Å²) in [6.07, 6.45) is 1.59. The van der Waals surface area contributed by atoms with Gasteiger partial charge in [0.1, 0.15) is 11.5 Å².